The van der Waals surface area contributed by atoms with Gasteiger partial charge in [-0.15, -0.1) is 0 Å². The minimum atomic E-state index is -0.381. The molecule has 0 aliphatic carbocycles. The monoisotopic (exact) mass is 479 g/mol. The molecule has 2 atom stereocenters. The summed E-state index contributed by atoms with van der Waals surface area (Å²) in [5, 5.41) is 3.16. The molecule has 3 heterocycles. The van der Waals surface area contributed by atoms with Crippen LogP contribution in [0.1, 0.15) is 37.3 Å². The summed E-state index contributed by atoms with van der Waals surface area (Å²) in [6.07, 6.45) is 3.79. The van der Waals surface area contributed by atoms with Crippen molar-refractivity contribution >= 4 is 17.5 Å². The smallest absolute Gasteiger partial charge is 0.227 e. The van der Waals surface area contributed by atoms with Crippen LogP contribution in [0.15, 0.2) is 42.5 Å². The molecule has 8 nitrogen and oxygen atoms in total. The Morgan fingerprint density at radius 1 is 1.06 bits per heavy atom. The molecule has 0 aromatic heterocycles. The van der Waals surface area contributed by atoms with Gasteiger partial charge in [0, 0.05) is 31.3 Å². The van der Waals surface area contributed by atoms with Crippen LogP contribution in [-0.4, -0.2) is 63.2 Å². The van der Waals surface area contributed by atoms with Crippen LogP contribution in [0.5, 0.6) is 17.2 Å². The maximum absolute atomic E-state index is 13.1. The summed E-state index contributed by atoms with van der Waals surface area (Å²) in [4.78, 5) is 30.1. The van der Waals surface area contributed by atoms with Crippen molar-refractivity contribution in [2.45, 2.75) is 31.7 Å². The first-order valence-corrected chi connectivity index (χ1v) is 12.5. The zero-order valence-electron chi connectivity index (χ0n) is 20.2. The molecule has 2 saturated heterocycles. The molecule has 0 unspecified atom stereocenters. The fourth-order valence-corrected chi connectivity index (χ4v) is 5.19. The molecule has 35 heavy (non-hydrogen) atoms. The van der Waals surface area contributed by atoms with Gasteiger partial charge in [-0.2, -0.15) is 0 Å². The van der Waals surface area contributed by atoms with Gasteiger partial charge in [0.1, 0.15) is 19.0 Å². The number of likely N-dealkylation sites (tertiary alicyclic amines) is 1. The Bertz CT molecular complexity index is 1050. The molecule has 2 aromatic carbocycles. The van der Waals surface area contributed by atoms with E-state index in [0.29, 0.717) is 37.8 Å². The number of benzene rings is 2. The first kappa shape index (κ1) is 23.5. The largest absolute Gasteiger partial charge is 0.497 e. The van der Waals surface area contributed by atoms with Crippen molar-refractivity contribution in [2.24, 2.45) is 5.92 Å². The molecule has 186 valence electrons. The first-order valence-electron chi connectivity index (χ1n) is 12.5. The van der Waals surface area contributed by atoms with Gasteiger partial charge in [0.05, 0.1) is 19.1 Å². The Kier molecular flexibility index (Phi) is 7.08. The second-order valence-corrected chi connectivity index (χ2v) is 9.36. The number of carbonyl (C=O) groups excluding carboxylic acids is 2. The van der Waals surface area contributed by atoms with Gasteiger partial charge in [-0.3, -0.25) is 14.5 Å². The predicted molar refractivity (Wildman–Crippen MR) is 132 cm³/mol. The molecule has 1 N–H and O–H groups in total. The zero-order chi connectivity index (χ0) is 24.2. The highest BCUT2D eigenvalue weighted by molar-refractivity contribution is 6.00. The molecular weight excluding hydrogens is 446 g/mol. The highest BCUT2D eigenvalue weighted by Crippen LogP contribution is 2.36. The van der Waals surface area contributed by atoms with Gasteiger partial charge in [0.25, 0.3) is 0 Å². The fraction of sp³-hybridized carbons (Fsp3) is 0.481. The van der Waals surface area contributed by atoms with Crippen LogP contribution < -0.4 is 24.4 Å². The van der Waals surface area contributed by atoms with Crippen LogP contribution in [0.2, 0.25) is 0 Å². The highest BCUT2D eigenvalue weighted by atomic mass is 16.6. The van der Waals surface area contributed by atoms with Crippen molar-refractivity contribution in [2.75, 3.05) is 51.4 Å². The maximum Gasteiger partial charge on any atom is 0.227 e. The van der Waals surface area contributed by atoms with Gasteiger partial charge in [-0.25, -0.2) is 0 Å². The standard InChI is InChI=1S/C27H33N3O5/c1-33-22-8-5-19(6-9-22)23(29-11-3-2-4-12-29)17-28-27(32)20-15-26(31)30(18-20)21-7-10-24-25(16-21)35-14-13-34-24/h5-10,16,20,23H,2-4,11-15,17-18H2,1H3,(H,28,32)/t20-,23+/m0/s1. The van der Waals surface area contributed by atoms with E-state index in [2.05, 4.69) is 22.3 Å². The van der Waals surface area contributed by atoms with Crippen LogP contribution in [0.25, 0.3) is 0 Å². The highest BCUT2D eigenvalue weighted by Gasteiger charge is 2.36. The number of hydrogen-bond acceptors (Lipinski definition) is 6. The van der Waals surface area contributed by atoms with Crippen LogP contribution in [0.3, 0.4) is 0 Å². The lowest BCUT2D eigenvalue weighted by Crippen LogP contribution is -2.42. The zero-order valence-corrected chi connectivity index (χ0v) is 20.2. The number of nitrogens with zero attached hydrogens (tertiary/aromatic N) is 2. The van der Waals surface area contributed by atoms with Crippen molar-refractivity contribution in [3.05, 3.63) is 48.0 Å². The Morgan fingerprint density at radius 2 is 1.80 bits per heavy atom. The third-order valence-electron chi connectivity index (χ3n) is 7.13. The Balaban J connectivity index is 1.24. The quantitative estimate of drug-likeness (QED) is 0.657. The van der Waals surface area contributed by atoms with Crippen molar-refractivity contribution in [3.8, 4) is 17.2 Å². The van der Waals surface area contributed by atoms with Crippen molar-refractivity contribution in [1.29, 1.82) is 0 Å². The van der Waals surface area contributed by atoms with Crippen molar-refractivity contribution in [3.63, 3.8) is 0 Å². The van der Waals surface area contributed by atoms with Crippen LogP contribution in [0, 0.1) is 5.92 Å². The summed E-state index contributed by atoms with van der Waals surface area (Å²) in [6, 6.07) is 13.7. The second kappa shape index (κ2) is 10.6. The number of amides is 2. The average molecular weight is 480 g/mol. The molecule has 8 heteroatoms. The van der Waals surface area contributed by atoms with Gasteiger partial charge in [0.15, 0.2) is 11.5 Å². The third kappa shape index (κ3) is 5.22. The number of nitrogens with one attached hydrogen (secondary N) is 1. The molecule has 0 radical (unpaired) electrons. The summed E-state index contributed by atoms with van der Waals surface area (Å²) in [6.45, 7) is 3.92. The number of carbonyl (C=O) groups is 2. The maximum atomic E-state index is 13.1. The Morgan fingerprint density at radius 3 is 2.54 bits per heavy atom. The number of methoxy groups -OCH3 is 1. The number of hydrogen-bond donors (Lipinski definition) is 1. The third-order valence-corrected chi connectivity index (χ3v) is 7.13. The molecule has 0 bridgehead atoms. The fourth-order valence-electron chi connectivity index (χ4n) is 5.19. The van der Waals surface area contributed by atoms with E-state index in [1.54, 1.807) is 12.0 Å². The number of fused-ring (bicyclic) bond motifs is 1. The minimum absolute atomic E-state index is 0.0513. The van der Waals surface area contributed by atoms with E-state index in [1.807, 2.05) is 30.3 Å². The SMILES string of the molecule is COc1ccc([C@@H](CNC(=O)[C@H]2CC(=O)N(c3ccc4c(c3)OCCO4)C2)N2CCCCC2)cc1. The van der Waals surface area contributed by atoms with E-state index in [1.165, 1.54) is 19.3 Å². The topological polar surface area (TPSA) is 80.3 Å². The summed E-state index contributed by atoms with van der Waals surface area (Å²) in [5.41, 5.74) is 1.90. The lowest BCUT2D eigenvalue weighted by Gasteiger charge is -2.35. The Labute approximate surface area is 206 Å². The van der Waals surface area contributed by atoms with Gasteiger partial charge in [0.2, 0.25) is 11.8 Å². The lowest BCUT2D eigenvalue weighted by atomic mass is 10.0. The van der Waals surface area contributed by atoms with E-state index in [-0.39, 0.29) is 30.2 Å². The molecule has 0 saturated carbocycles. The predicted octanol–water partition coefficient (Wildman–Crippen LogP) is 3.16. The summed E-state index contributed by atoms with van der Waals surface area (Å²) < 4.78 is 16.5. The van der Waals surface area contributed by atoms with E-state index in [0.717, 1.165) is 30.1 Å². The van der Waals surface area contributed by atoms with E-state index >= 15 is 0 Å². The number of piperidine rings is 1. The van der Waals surface area contributed by atoms with Crippen LogP contribution in [-0.2, 0) is 9.59 Å². The van der Waals surface area contributed by atoms with Crippen molar-refractivity contribution in [1.82, 2.24) is 10.2 Å². The molecule has 0 spiro atoms. The number of anilines is 1. The molecule has 2 aromatic rings. The molecule has 2 fully saturated rings. The van der Waals surface area contributed by atoms with Crippen LogP contribution in [0.4, 0.5) is 5.69 Å². The van der Waals surface area contributed by atoms with E-state index in [9.17, 15) is 9.59 Å². The van der Waals surface area contributed by atoms with Gasteiger partial charge >= 0.3 is 0 Å². The molecular formula is C27H33N3O5. The van der Waals surface area contributed by atoms with Crippen LogP contribution >= 0.6 is 0 Å². The lowest BCUT2D eigenvalue weighted by molar-refractivity contribution is -0.126. The number of ether oxygens (including phenoxy) is 3. The number of rotatable bonds is 7. The second-order valence-electron chi connectivity index (χ2n) is 9.36. The molecule has 2 amide bonds. The Hall–Kier alpha value is -3.26. The molecule has 3 aliphatic heterocycles. The van der Waals surface area contributed by atoms with E-state index < -0.39 is 0 Å². The van der Waals surface area contributed by atoms with Crippen molar-refractivity contribution < 1.29 is 23.8 Å². The average Bonchev–Trinajstić information content (AvgIpc) is 3.31. The molecule has 5 rings (SSSR count). The van der Waals surface area contributed by atoms with E-state index in [4.69, 9.17) is 14.2 Å². The van der Waals surface area contributed by atoms with Gasteiger partial charge in [-0.1, -0.05) is 18.6 Å². The normalized spacial score (nSPS) is 21.0. The minimum Gasteiger partial charge on any atom is -0.497 e. The van der Waals surface area contributed by atoms with Gasteiger partial charge in [-0.05, 0) is 55.8 Å². The molecule has 3 aliphatic rings. The summed E-state index contributed by atoms with van der Waals surface area (Å²) in [7, 11) is 1.66. The first-order chi connectivity index (χ1) is 17.1. The summed E-state index contributed by atoms with van der Waals surface area (Å²) in [5.74, 6) is 1.63. The summed E-state index contributed by atoms with van der Waals surface area (Å²) >= 11 is 0. The van der Waals surface area contributed by atoms with Gasteiger partial charge < -0.3 is 24.4 Å².